The summed E-state index contributed by atoms with van der Waals surface area (Å²) >= 11 is 0. The van der Waals surface area contributed by atoms with Crippen molar-refractivity contribution in [1.82, 2.24) is 10.6 Å². The molecule has 0 aliphatic heterocycles. The molecule has 10 heteroatoms. The van der Waals surface area contributed by atoms with E-state index >= 15 is 0 Å². The average molecular weight is 500 g/mol. The lowest BCUT2D eigenvalue weighted by Gasteiger charge is -2.17. The van der Waals surface area contributed by atoms with Crippen LogP contribution in [0.15, 0.2) is 60.7 Å². The minimum atomic E-state index is -1.26. The van der Waals surface area contributed by atoms with Crippen molar-refractivity contribution in [2.24, 2.45) is 5.73 Å². The quantitative estimate of drug-likeness (QED) is 0.215. The molecular weight excluding hydrogens is 466 g/mol. The number of amides is 2. The molecule has 2 aromatic rings. The van der Waals surface area contributed by atoms with Crippen LogP contribution in [0, 0.1) is 0 Å². The summed E-state index contributed by atoms with van der Waals surface area (Å²) in [5, 5.41) is 14.4. The van der Waals surface area contributed by atoms with E-state index in [0.717, 1.165) is 11.1 Å². The summed E-state index contributed by atoms with van der Waals surface area (Å²) in [6.45, 7) is 0.617. The molecule has 36 heavy (non-hydrogen) atoms. The molecule has 0 fully saturated rings. The molecule has 0 heterocycles. The zero-order valence-electron chi connectivity index (χ0n) is 20.1. The molecule has 0 bridgehead atoms. The molecule has 0 saturated carbocycles. The van der Waals surface area contributed by atoms with Crippen molar-refractivity contribution in [3.05, 3.63) is 71.8 Å². The van der Waals surface area contributed by atoms with Crippen molar-refractivity contribution in [3.8, 4) is 0 Å². The van der Waals surface area contributed by atoms with Crippen LogP contribution < -0.4 is 16.4 Å². The molecule has 2 amide bonds. The minimum Gasteiger partial charge on any atom is -0.480 e. The second kappa shape index (κ2) is 15.9. The number of nitrogens with two attached hydrogens (primary N) is 1. The van der Waals surface area contributed by atoms with E-state index < -0.39 is 36.0 Å². The number of hydrogen-bond acceptors (Lipinski definition) is 7. The van der Waals surface area contributed by atoms with Gasteiger partial charge in [0.15, 0.2) is 0 Å². The van der Waals surface area contributed by atoms with E-state index in [0.29, 0.717) is 25.8 Å². The third-order valence-corrected chi connectivity index (χ3v) is 5.26. The van der Waals surface area contributed by atoms with Gasteiger partial charge in [-0.05, 0) is 36.8 Å². The highest BCUT2D eigenvalue weighted by atomic mass is 16.5. The highest BCUT2D eigenvalue weighted by molar-refractivity contribution is 5.87. The van der Waals surface area contributed by atoms with Gasteiger partial charge in [0.05, 0.1) is 6.04 Å². The number of hydrogen-bond donors (Lipinski definition) is 4. The van der Waals surface area contributed by atoms with Gasteiger partial charge in [-0.15, -0.1) is 0 Å². The van der Waals surface area contributed by atoms with E-state index in [1.165, 1.54) is 0 Å². The number of rotatable bonds is 15. The van der Waals surface area contributed by atoms with Crippen molar-refractivity contribution in [2.75, 3.05) is 6.54 Å². The van der Waals surface area contributed by atoms with Crippen LogP contribution in [0.1, 0.15) is 43.2 Å². The van der Waals surface area contributed by atoms with E-state index in [1.807, 2.05) is 60.7 Å². The van der Waals surface area contributed by atoms with Gasteiger partial charge in [0.1, 0.15) is 19.3 Å². The number of carbonyl (C=O) groups excluding carboxylic acids is 3. The molecule has 0 aliphatic carbocycles. The first-order valence-corrected chi connectivity index (χ1v) is 11.8. The van der Waals surface area contributed by atoms with Crippen molar-refractivity contribution in [1.29, 1.82) is 0 Å². The van der Waals surface area contributed by atoms with E-state index in [4.69, 9.17) is 15.2 Å². The topological polar surface area (TPSA) is 157 Å². The maximum atomic E-state index is 12.3. The Kier molecular flexibility index (Phi) is 12.5. The Morgan fingerprint density at radius 3 is 2.00 bits per heavy atom. The van der Waals surface area contributed by atoms with Gasteiger partial charge in [-0.25, -0.2) is 9.59 Å². The number of carboxylic acids is 1. The fraction of sp³-hybridized carbons (Fsp3) is 0.385. The van der Waals surface area contributed by atoms with Crippen molar-refractivity contribution >= 4 is 23.9 Å². The summed E-state index contributed by atoms with van der Waals surface area (Å²) < 4.78 is 10.2. The SMILES string of the molecule is NC(CCCCNC(=O)OCc1ccccc1)C(=O)NC(CCC(=O)OCc1ccccc1)C(=O)O. The molecule has 0 radical (unpaired) electrons. The molecule has 2 rings (SSSR count). The molecule has 194 valence electrons. The van der Waals surface area contributed by atoms with Gasteiger partial charge in [0.25, 0.3) is 0 Å². The number of esters is 1. The molecule has 5 N–H and O–H groups in total. The lowest BCUT2D eigenvalue weighted by Crippen LogP contribution is -2.48. The monoisotopic (exact) mass is 499 g/mol. The van der Waals surface area contributed by atoms with Crippen LogP contribution in [0.3, 0.4) is 0 Å². The average Bonchev–Trinajstić information content (AvgIpc) is 2.89. The molecule has 0 aliphatic rings. The van der Waals surface area contributed by atoms with Gasteiger partial charge in [-0.3, -0.25) is 9.59 Å². The smallest absolute Gasteiger partial charge is 0.407 e. The van der Waals surface area contributed by atoms with Gasteiger partial charge in [-0.1, -0.05) is 60.7 Å². The van der Waals surface area contributed by atoms with Crippen LogP contribution in [0.5, 0.6) is 0 Å². The van der Waals surface area contributed by atoms with E-state index in [2.05, 4.69) is 10.6 Å². The summed E-state index contributed by atoms with van der Waals surface area (Å²) in [5.41, 5.74) is 7.58. The zero-order valence-corrected chi connectivity index (χ0v) is 20.1. The molecule has 2 atom stereocenters. The largest absolute Gasteiger partial charge is 0.480 e. The highest BCUT2D eigenvalue weighted by Crippen LogP contribution is 2.06. The fourth-order valence-corrected chi connectivity index (χ4v) is 3.19. The van der Waals surface area contributed by atoms with E-state index in [9.17, 15) is 24.3 Å². The van der Waals surface area contributed by atoms with Gasteiger partial charge < -0.3 is 30.9 Å². The van der Waals surface area contributed by atoms with Crippen LogP contribution >= 0.6 is 0 Å². The molecule has 2 aromatic carbocycles. The molecule has 0 aromatic heterocycles. The molecular formula is C26H33N3O7. The van der Waals surface area contributed by atoms with Crippen molar-refractivity contribution < 1.29 is 33.8 Å². The second-order valence-corrected chi connectivity index (χ2v) is 8.18. The Morgan fingerprint density at radius 1 is 0.833 bits per heavy atom. The molecule has 0 saturated heterocycles. The Labute approximate surface area is 210 Å². The van der Waals surface area contributed by atoms with Crippen LogP contribution in [-0.2, 0) is 37.1 Å². The summed E-state index contributed by atoms with van der Waals surface area (Å²) in [6, 6.07) is 16.2. The predicted octanol–water partition coefficient (Wildman–Crippen LogP) is 2.50. The van der Waals surface area contributed by atoms with Crippen LogP contribution in [0.2, 0.25) is 0 Å². The third kappa shape index (κ3) is 11.5. The number of carboxylic acid groups (broad SMARTS) is 1. The molecule has 10 nitrogen and oxygen atoms in total. The van der Waals surface area contributed by atoms with E-state index in [-0.39, 0.29) is 26.1 Å². The summed E-state index contributed by atoms with van der Waals surface area (Å²) in [5.74, 6) is -2.43. The maximum Gasteiger partial charge on any atom is 0.407 e. The number of carbonyl (C=O) groups is 4. The summed E-state index contributed by atoms with van der Waals surface area (Å²) in [4.78, 5) is 47.5. The first-order valence-electron chi connectivity index (χ1n) is 11.8. The summed E-state index contributed by atoms with van der Waals surface area (Å²) in [6.07, 6.45) is 0.598. The number of nitrogens with one attached hydrogen (secondary N) is 2. The van der Waals surface area contributed by atoms with Gasteiger partial charge in [-0.2, -0.15) is 0 Å². The highest BCUT2D eigenvalue weighted by Gasteiger charge is 2.24. The second-order valence-electron chi connectivity index (χ2n) is 8.18. The normalized spacial score (nSPS) is 12.1. The Morgan fingerprint density at radius 2 is 1.42 bits per heavy atom. The number of benzene rings is 2. The van der Waals surface area contributed by atoms with E-state index in [1.54, 1.807) is 0 Å². The standard InChI is InChI=1S/C26H33N3O7/c27-21(13-7-8-16-28-26(34)36-18-20-11-5-2-6-12-20)24(31)29-22(25(32)33)14-15-23(30)35-17-19-9-3-1-4-10-19/h1-6,9-12,21-22H,7-8,13-18,27H2,(H,28,34)(H,29,31)(H,32,33). The van der Waals surface area contributed by atoms with Crippen molar-refractivity contribution in [3.63, 3.8) is 0 Å². The number of alkyl carbamates (subject to hydrolysis) is 1. The predicted molar refractivity (Wildman–Crippen MR) is 131 cm³/mol. The first kappa shape index (κ1) is 28.3. The minimum absolute atomic E-state index is 0.0915. The van der Waals surface area contributed by atoms with Crippen LogP contribution in [-0.4, -0.2) is 47.7 Å². The number of ether oxygens (including phenoxy) is 2. The number of aliphatic carboxylic acids is 1. The number of unbranched alkanes of at least 4 members (excludes halogenated alkanes) is 1. The van der Waals surface area contributed by atoms with Gasteiger partial charge in [0, 0.05) is 13.0 Å². The Balaban J connectivity index is 1.59. The Hall–Kier alpha value is -3.92. The third-order valence-electron chi connectivity index (χ3n) is 5.26. The summed E-state index contributed by atoms with van der Waals surface area (Å²) in [7, 11) is 0. The van der Waals surface area contributed by atoms with Crippen molar-refractivity contribution in [2.45, 2.75) is 57.4 Å². The zero-order chi connectivity index (χ0) is 26.2. The van der Waals surface area contributed by atoms with Gasteiger partial charge in [0.2, 0.25) is 5.91 Å². The van der Waals surface area contributed by atoms with Crippen LogP contribution in [0.4, 0.5) is 4.79 Å². The lowest BCUT2D eigenvalue weighted by atomic mass is 10.1. The Bertz CT molecular complexity index is 970. The lowest BCUT2D eigenvalue weighted by molar-refractivity contribution is -0.146. The molecule has 0 spiro atoms. The molecule has 2 unspecified atom stereocenters. The van der Waals surface area contributed by atoms with Crippen LogP contribution in [0.25, 0.3) is 0 Å². The maximum absolute atomic E-state index is 12.3. The fourth-order valence-electron chi connectivity index (χ4n) is 3.19. The van der Waals surface area contributed by atoms with Gasteiger partial charge >= 0.3 is 18.0 Å². The first-order chi connectivity index (χ1) is 17.3.